The molecule has 2 aliphatic rings. The van der Waals surface area contributed by atoms with Gasteiger partial charge in [0.15, 0.2) is 0 Å². The molecule has 2 rings (SSSR count). The Morgan fingerprint density at radius 1 is 0.944 bits per heavy atom. The Labute approximate surface area is 114 Å². The molecule has 106 valence electrons. The summed E-state index contributed by atoms with van der Waals surface area (Å²) in [6, 6.07) is 1.55. The van der Waals surface area contributed by atoms with Crippen molar-refractivity contribution >= 4 is 0 Å². The van der Waals surface area contributed by atoms with Gasteiger partial charge in [0.25, 0.3) is 0 Å². The van der Waals surface area contributed by atoms with E-state index in [9.17, 15) is 0 Å². The molecule has 0 radical (unpaired) electrons. The van der Waals surface area contributed by atoms with Gasteiger partial charge in [0.05, 0.1) is 0 Å². The third-order valence-electron chi connectivity index (χ3n) is 5.28. The summed E-state index contributed by atoms with van der Waals surface area (Å²) in [5.74, 6) is 0.994. The summed E-state index contributed by atoms with van der Waals surface area (Å²) in [6.45, 7) is 5.06. The Morgan fingerprint density at radius 2 is 1.78 bits per heavy atom. The van der Waals surface area contributed by atoms with Crippen molar-refractivity contribution in [3.8, 4) is 0 Å². The molecule has 0 aromatic carbocycles. The summed E-state index contributed by atoms with van der Waals surface area (Å²) in [4.78, 5) is 2.82. The van der Waals surface area contributed by atoms with Gasteiger partial charge in [-0.05, 0) is 58.2 Å². The van der Waals surface area contributed by atoms with E-state index in [1.807, 2.05) is 0 Å². The predicted octanol–water partition coefficient (Wildman–Crippen LogP) is 3.42. The van der Waals surface area contributed by atoms with Gasteiger partial charge in [-0.25, -0.2) is 0 Å². The first-order valence-electron chi connectivity index (χ1n) is 8.26. The fourth-order valence-electron chi connectivity index (χ4n) is 3.99. The van der Waals surface area contributed by atoms with Gasteiger partial charge in [0.2, 0.25) is 0 Å². The van der Waals surface area contributed by atoms with Gasteiger partial charge in [-0.2, -0.15) is 0 Å². The van der Waals surface area contributed by atoms with Gasteiger partial charge in [-0.1, -0.05) is 32.6 Å². The molecule has 0 aromatic rings. The van der Waals surface area contributed by atoms with Crippen molar-refractivity contribution in [2.24, 2.45) is 5.92 Å². The zero-order valence-corrected chi connectivity index (χ0v) is 12.5. The molecule has 1 N–H and O–H groups in total. The molecule has 1 aliphatic heterocycles. The van der Waals surface area contributed by atoms with E-state index in [4.69, 9.17) is 0 Å². The second-order valence-electron chi connectivity index (χ2n) is 6.34. The standard InChI is InChI=1S/C16H32N2/c1-3-14-8-7-12-18(13-11-14)16-10-6-4-5-9-15(16)17-2/h14-17H,3-13H2,1-2H3. The van der Waals surface area contributed by atoms with Crippen molar-refractivity contribution in [2.75, 3.05) is 20.1 Å². The lowest BCUT2D eigenvalue weighted by Crippen LogP contribution is -2.49. The summed E-state index contributed by atoms with van der Waals surface area (Å²) in [7, 11) is 2.16. The predicted molar refractivity (Wildman–Crippen MR) is 78.9 cm³/mol. The van der Waals surface area contributed by atoms with E-state index in [0.717, 1.165) is 18.0 Å². The number of likely N-dealkylation sites (tertiary alicyclic amines) is 1. The van der Waals surface area contributed by atoms with Gasteiger partial charge in [-0.3, -0.25) is 4.90 Å². The van der Waals surface area contributed by atoms with Crippen LogP contribution in [0.2, 0.25) is 0 Å². The molecular formula is C16H32N2. The van der Waals surface area contributed by atoms with E-state index in [1.165, 1.54) is 70.9 Å². The largest absolute Gasteiger partial charge is 0.315 e. The van der Waals surface area contributed by atoms with Gasteiger partial charge in [0.1, 0.15) is 0 Å². The molecule has 3 unspecified atom stereocenters. The van der Waals surface area contributed by atoms with E-state index in [0.29, 0.717) is 0 Å². The molecule has 1 aliphatic carbocycles. The second kappa shape index (κ2) is 7.49. The minimum atomic E-state index is 0.741. The van der Waals surface area contributed by atoms with Crippen LogP contribution in [-0.4, -0.2) is 37.1 Å². The smallest absolute Gasteiger partial charge is 0.0249 e. The third kappa shape index (κ3) is 3.71. The van der Waals surface area contributed by atoms with Crippen LogP contribution in [0.4, 0.5) is 0 Å². The fourth-order valence-corrected chi connectivity index (χ4v) is 3.99. The Kier molecular flexibility index (Phi) is 5.97. The number of nitrogens with zero attached hydrogens (tertiary/aromatic N) is 1. The topological polar surface area (TPSA) is 15.3 Å². The Hall–Kier alpha value is -0.0800. The van der Waals surface area contributed by atoms with Crippen molar-refractivity contribution in [3.05, 3.63) is 0 Å². The van der Waals surface area contributed by atoms with Crippen molar-refractivity contribution in [2.45, 2.75) is 76.8 Å². The lowest BCUT2D eigenvalue weighted by atomic mass is 9.98. The van der Waals surface area contributed by atoms with Crippen molar-refractivity contribution in [1.82, 2.24) is 10.2 Å². The maximum Gasteiger partial charge on any atom is 0.0249 e. The second-order valence-corrected chi connectivity index (χ2v) is 6.34. The number of hydrogen-bond acceptors (Lipinski definition) is 2. The summed E-state index contributed by atoms with van der Waals surface area (Å²) >= 11 is 0. The fraction of sp³-hybridized carbons (Fsp3) is 1.00. The molecule has 3 atom stereocenters. The number of likely N-dealkylation sites (N-methyl/N-ethyl adjacent to an activating group) is 1. The average molecular weight is 252 g/mol. The van der Waals surface area contributed by atoms with Crippen LogP contribution in [0.25, 0.3) is 0 Å². The zero-order valence-electron chi connectivity index (χ0n) is 12.5. The maximum absolute atomic E-state index is 3.60. The first kappa shape index (κ1) is 14.3. The van der Waals surface area contributed by atoms with Crippen LogP contribution >= 0.6 is 0 Å². The molecule has 1 heterocycles. The summed E-state index contributed by atoms with van der Waals surface area (Å²) in [6.07, 6.45) is 12.8. The SMILES string of the molecule is CCC1CCCN(C2CCCCCC2NC)CC1. The van der Waals surface area contributed by atoms with E-state index < -0.39 is 0 Å². The number of rotatable bonds is 3. The van der Waals surface area contributed by atoms with Crippen LogP contribution in [-0.2, 0) is 0 Å². The molecule has 0 bridgehead atoms. The summed E-state index contributed by atoms with van der Waals surface area (Å²) in [5.41, 5.74) is 0. The molecule has 18 heavy (non-hydrogen) atoms. The molecular weight excluding hydrogens is 220 g/mol. The van der Waals surface area contributed by atoms with Crippen LogP contribution in [0.3, 0.4) is 0 Å². The summed E-state index contributed by atoms with van der Waals surface area (Å²) in [5, 5.41) is 3.60. The van der Waals surface area contributed by atoms with Gasteiger partial charge < -0.3 is 5.32 Å². The third-order valence-corrected chi connectivity index (χ3v) is 5.28. The van der Waals surface area contributed by atoms with E-state index >= 15 is 0 Å². The molecule has 1 saturated heterocycles. The first-order valence-corrected chi connectivity index (χ1v) is 8.26. The Bertz CT molecular complexity index is 229. The Balaban J connectivity index is 1.94. The normalized spacial score (nSPS) is 36.0. The molecule has 0 amide bonds. The van der Waals surface area contributed by atoms with Crippen molar-refractivity contribution in [3.63, 3.8) is 0 Å². The maximum atomic E-state index is 3.60. The van der Waals surface area contributed by atoms with Crippen LogP contribution < -0.4 is 5.32 Å². The lowest BCUT2D eigenvalue weighted by Gasteiger charge is -2.35. The van der Waals surface area contributed by atoms with Gasteiger partial charge in [0, 0.05) is 12.1 Å². The molecule has 2 heteroatoms. The highest BCUT2D eigenvalue weighted by Crippen LogP contribution is 2.27. The van der Waals surface area contributed by atoms with Crippen LogP contribution in [0, 0.1) is 5.92 Å². The average Bonchev–Trinajstić information content (AvgIpc) is 2.78. The molecule has 0 aromatic heterocycles. The van der Waals surface area contributed by atoms with Crippen molar-refractivity contribution in [1.29, 1.82) is 0 Å². The van der Waals surface area contributed by atoms with Gasteiger partial charge >= 0.3 is 0 Å². The lowest BCUT2D eigenvalue weighted by molar-refractivity contribution is 0.154. The Morgan fingerprint density at radius 3 is 2.56 bits per heavy atom. The molecule has 1 saturated carbocycles. The van der Waals surface area contributed by atoms with E-state index in [2.05, 4.69) is 24.2 Å². The monoisotopic (exact) mass is 252 g/mol. The molecule has 2 nitrogen and oxygen atoms in total. The quantitative estimate of drug-likeness (QED) is 0.774. The van der Waals surface area contributed by atoms with Crippen molar-refractivity contribution < 1.29 is 0 Å². The minimum Gasteiger partial charge on any atom is -0.315 e. The highest BCUT2D eigenvalue weighted by atomic mass is 15.2. The zero-order chi connectivity index (χ0) is 12.8. The van der Waals surface area contributed by atoms with E-state index in [1.54, 1.807) is 0 Å². The minimum absolute atomic E-state index is 0.741. The highest BCUT2D eigenvalue weighted by Gasteiger charge is 2.29. The molecule has 2 fully saturated rings. The first-order chi connectivity index (χ1) is 8.85. The summed E-state index contributed by atoms with van der Waals surface area (Å²) < 4.78 is 0. The van der Waals surface area contributed by atoms with Crippen LogP contribution in [0.5, 0.6) is 0 Å². The van der Waals surface area contributed by atoms with E-state index in [-0.39, 0.29) is 0 Å². The van der Waals surface area contributed by atoms with Gasteiger partial charge in [-0.15, -0.1) is 0 Å². The highest BCUT2D eigenvalue weighted by molar-refractivity contribution is 4.87. The molecule has 0 spiro atoms. The van der Waals surface area contributed by atoms with Crippen LogP contribution in [0.1, 0.15) is 64.7 Å². The van der Waals surface area contributed by atoms with Crippen LogP contribution in [0.15, 0.2) is 0 Å². The number of hydrogen-bond donors (Lipinski definition) is 1. The number of nitrogens with one attached hydrogen (secondary N) is 1.